The number of non-ortho nitro benzene ring substituents is 1. The Balaban J connectivity index is 1.73. The summed E-state index contributed by atoms with van der Waals surface area (Å²) in [5.74, 6) is 0.462. The van der Waals surface area contributed by atoms with Crippen molar-refractivity contribution in [3.8, 4) is 5.75 Å². The Labute approximate surface area is 171 Å². The van der Waals surface area contributed by atoms with Crippen molar-refractivity contribution in [1.29, 1.82) is 0 Å². The molecule has 0 aliphatic heterocycles. The molecule has 0 aromatic heterocycles. The van der Waals surface area contributed by atoms with Crippen LogP contribution in [0.3, 0.4) is 0 Å². The first-order valence-corrected chi connectivity index (χ1v) is 9.56. The van der Waals surface area contributed by atoms with Gasteiger partial charge in [-0.1, -0.05) is 24.3 Å². The van der Waals surface area contributed by atoms with Crippen LogP contribution in [0.25, 0.3) is 0 Å². The molecule has 0 atom stereocenters. The Kier molecular flexibility index (Phi) is 8.64. The van der Waals surface area contributed by atoms with Crippen LogP contribution < -0.4 is 10.2 Å². The number of methoxy groups -OCH3 is 1. The lowest BCUT2D eigenvalue weighted by Gasteiger charge is -2.05. The van der Waals surface area contributed by atoms with Crippen molar-refractivity contribution in [1.82, 2.24) is 5.43 Å². The Morgan fingerprint density at radius 2 is 2.00 bits per heavy atom. The number of hydrogen-bond donors (Lipinski definition) is 1. The van der Waals surface area contributed by atoms with Crippen LogP contribution in [-0.2, 0) is 20.1 Å². The number of rotatable bonds is 10. The Bertz CT molecular complexity index is 886. The topological polar surface area (TPSA) is 120 Å². The molecule has 2 rings (SSSR count). The summed E-state index contributed by atoms with van der Waals surface area (Å²) in [6.45, 7) is -0.195. The zero-order valence-electron chi connectivity index (χ0n) is 15.6. The number of nitro groups is 1. The number of esters is 1. The lowest BCUT2D eigenvalue weighted by Crippen LogP contribution is -2.19. The molecule has 0 unspecified atom stereocenters. The number of benzene rings is 2. The maximum atomic E-state index is 11.8. The Morgan fingerprint density at radius 1 is 1.24 bits per heavy atom. The second kappa shape index (κ2) is 11.4. The van der Waals surface area contributed by atoms with Gasteiger partial charge in [-0.15, -0.1) is 11.8 Å². The molecule has 9 nitrogen and oxygen atoms in total. The van der Waals surface area contributed by atoms with Crippen LogP contribution in [0.1, 0.15) is 11.1 Å². The van der Waals surface area contributed by atoms with Gasteiger partial charge in [0.05, 0.1) is 24.0 Å². The molecule has 0 fully saturated rings. The van der Waals surface area contributed by atoms with Crippen LogP contribution in [0.4, 0.5) is 5.69 Å². The van der Waals surface area contributed by atoms with Crippen LogP contribution >= 0.6 is 11.8 Å². The minimum atomic E-state index is -0.484. The van der Waals surface area contributed by atoms with Gasteiger partial charge in [-0.25, -0.2) is 10.2 Å². The molecular formula is C19H19N3O6S. The number of hydrazone groups is 1. The summed E-state index contributed by atoms with van der Waals surface area (Å²) in [5.41, 5.74) is 4.03. The van der Waals surface area contributed by atoms with Gasteiger partial charge in [0.15, 0.2) is 6.61 Å². The summed E-state index contributed by atoms with van der Waals surface area (Å²) in [7, 11) is 1.28. The maximum Gasteiger partial charge on any atom is 0.343 e. The average Bonchev–Trinajstić information content (AvgIpc) is 2.72. The summed E-state index contributed by atoms with van der Waals surface area (Å²) in [5, 5.41) is 14.5. The van der Waals surface area contributed by atoms with E-state index in [1.807, 2.05) is 0 Å². The predicted molar refractivity (Wildman–Crippen MR) is 109 cm³/mol. The van der Waals surface area contributed by atoms with E-state index in [9.17, 15) is 19.7 Å². The second-order valence-electron chi connectivity index (χ2n) is 5.65. The molecule has 10 heteroatoms. The molecule has 0 aliphatic rings. The van der Waals surface area contributed by atoms with Crippen LogP contribution in [0, 0.1) is 10.1 Å². The zero-order chi connectivity index (χ0) is 21.1. The maximum absolute atomic E-state index is 11.8. The standard InChI is InChI=1S/C19H19N3O6S/c1-27-19(24)11-28-17-4-2-3-15(9-17)10-20-21-18(23)13-29-12-14-5-7-16(8-6-14)22(25)26/h2-10H,11-13H2,1H3,(H,21,23)/b20-10-. The van der Waals surface area contributed by atoms with Gasteiger partial charge in [0.2, 0.25) is 5.91 Å². The SMILES string of the molecule is COC(=O)COc1cccc(/C=N\NC(=O)CSCc2ccc([N+](=O)[O-])cc2)c1. The smallest absolute Gasteiger partial charge is 0.343 e. The summed E-state index contributed by atoms with van der Waals surface area (Å²) in [4.78, 5) is 33.1. The molecule has 0 spiro atoms. The summed E-state index contributed by atoms with van der Waals surface area (Å²) < 4.78 is 9.78. The number of thioether (sulfide) groups is 1. The van der Waals surface area contributed by atoms with Crippen molar-refractivity contribution in [2.24, 2.45) is 5.10 Å². The summed E-state index contributed by atoms with van der Waals surface area (Å²) in [6, 6.07) is 13.1. The van der Waals surface area contributed by atoms with E-state index in [1.54, 1.807) is 36.4 Å². The van der Waals surface area contributed by atoms with E-state index in [1.165, 1.54) is 37.2 Å². The highest BCUT2D eigenvalue weighted by Crippen LogP contribution is 2.16. The number of hydrogen-bond acceptors (Lipinski definition) is 8. The van der Waals surface area contributed by atoms with Crippen molar-refractivity contribution < 1.29 is 24.0 Å². The van der Waals surface area contributed by atoms with Gasteiger partial charge in [-0.3, -0.25) is 14.9 Å². The first-order chi connectivity index (χ1) is 14.0. The lowest BCUT2D eigenvalue weighted by molar-refractivity contribution is -0.384. The fraction of sp³-hybridized carbons (Fsp3) is 0.211. The van der Waals surface area contributed by atoms with Gasteiger partial charge in [0.25, 0.3) is 5.69 Å². The molecule has 0 radical (unpaired) electrons. The van der Waals surface area contributed by atoms with Crippen LogP contribution in [0.15, 0.2) is 53.6 Å². The summed E-state index contributed by atoms with van der Waals surface area (Å²) >= 11 is 1.37. The fourth-order valence-electron chi connectivity index (χ4n) is 2.07. The normalized spacial score (nSPS) is 10.5. The predicted octanol–water partition coefficient (Wildman–Crippen LogP) is 2.53. The Hall–Kier alpha value is -3.40. The first-order valence-electron chi connectivity index (χ1n) is 8.40. The lowest BCUT2D eigenvalue weighted by atomic mass is 10.2. The molecule has 0 aliphatic carbocycles. The van der Waals surface area contributed by atoms with Crippen LogP contribution in [0.5, 0.6) is 5.75 Å². The van der Waals surface area contributed by atoms with Crippen molar-refractivity contribution >= 4 is 35.5 Å². The van der Waals surface area contributed by atoms with Gasteiger partial charge < -0.3 is 9.47 Å². The molecule has 0 heterocycles. The molecule has 0 saturated carbocycles. The number of nitrogens with zero attached hydrogens (tertiary/aromatic N) is 2. The number of carbonyl (C=O) groups is 2. The third kappa shape index (κ3) is 8.01. The van der Waals surface area contributed by atoms with Crippen molar-refractivity contribution in [3.05, 3.63) is 69.8 Å². The van der Waals surface area contributed by atoms with Gasteiger partial charge in [-0.05, 0) is 23.3 Å². The molecule has 152 valence electrons. The second-order valence-corrected chi connectivity index (χ2v) is 6.63. The van der Waals surface area contributed by atoms with Gasteiger partial charge in [0, 0.05) is 17.9 Å². The van der Waals surface area contributed by atoms with Crippen LogP contribution in [0.2, 0.25) is 0 Å². The van der Waals surface area contributed by atoms with Gasteiger partial charge in [0.1, 0.15) is 5.75 Å². The van der Waals surface area contributed by atoms with E-state index < -0.39 is 10.9 Å². The van der Waals surface area contributed by atoms with Crippen LogP contribution in [-0.4, -0.2) is 42.5 Å². The number of nitrogens with one attached hydrogen (secondary N) is 1. The molecule has 2 aromatic rings. The minimum absolute atomic E-state index is 0.0330. The number of ether oxygens (including phenoxy) is 2. The van der Waals surface area contributed by atoms with Gasteiger partial charge >= 0.3 is 5.97 Å². The highest BCUT2D eigenvalue weighted by Gasteiger charge is 2.05. The third-order valence-electron chi connectivity index (χ3n) is 3.49. The molecule has 1 amide bonds. The van der Waals surface area contributed by atoms with E-state index in [2.05, 4.69) is 15.3 Å². The fourth-order valence-corrected chi connectivity index (χ4v) is 2.85. The van der Waals surface area contributed by atoms with E-state index in [-0.39, 0.29) is 24.0 Å². The molecule has 1 N–H and O–H groups in total. The van der Waals surface area contributed by atoms with Crippen molar-refractivity contribution in [3.63, 3.8) is 0 Å². The molecule has 2 aromatic carbocycles. The number of amides is 1. The van der Waals surface area contributed by atoms with Crippen molar-refractivity contribution in [2.45, 2.75) is 5.75 Å². The molecule has 29 heavy (non-hydrogen) atoms. The molecular weight excluding hydrogens is 398 g/mol. The average molecular weight is 417 g/mol. The summed E-state index contributed by atoms with van der Waals surface area (Å²) in [6.07, 6.45) is 1.46. The van der Waals surface area contributed by atoms with E-state index in [0.717, 1.165) is 5.56 Å². The highest BCUT2D eigenvalue weighted by molar-refractivity contribution is 7.99. The van der Waals surface area contributed by atoms with E-state index >= 15 is 0 Å². The zero-order valence-corrected chi connectivity index (χ0v) is 16.4. The molecule has 0 saturated heterocycles. The van der Waals surface area contributed by atoms with Crippen molar-refractivity contribution in [2.75, 3.05) is 19.5 Å². The van der Waals surface area contributed by atoms with E-state index in [0.29, 0.717) is 17.1 Å². The Morgan fingerprint density at radius 3 is 2.69 bits per heavy atom. The third-order valence-corrected chi connectivity index (χ3v) is 4.50. The highest BCUT2D eigenvalue weighted by atomic mass is 32.2. The largest absolute Gasteiger partial charge is 0.482 e. The molecule has 0 bridgehead atoms. The quantitative estimate of drug-likeness (QED) is 0.273. The monoisotopic (exact) mass is 417 g/mol. The van der Waals surface area contributed by atoms with E-state index in [4.69, 9.17) is 4.74 Å². The first kappa shape index (κ1) is 21.9. The number of carbonyl (C=O) groups excluding carboxylic acids is 2. The minimum Gasteiger partial charge on any atom is -0.482 e. The number of nitro benzene ring substituents is 1. The van der Waals surface area contributed by atoms with Gasteiger partial charge in [-0.2, -0.15) is 5.10 Å².